The van der Waals surface area contributed by atoms with Crippen molar-refractivity contribution in [3.05, 3.63) is 59.8 Å². The smallest absolute Gasteiger partial charge is 0.255 e. The predicted molar refractivity (Wildman–Crippen MR) is 122 cm³/mol. The lowest BCUT2D eigenvalue weighted by Crippen LogP contribution is -2.26. The normalized spacial score (nSPS) is 14.1. The second kappa shape index (κ2) is 8.52. The molecule has 0 aliphatic heterocycles. The van der Waals surface area contributed by atoms with Crippen molar-refractivity contribution >= 4 is 22.5 Å². The minimum Gasteiger partial charge on any atom is -0.493 e. The summed E-state index contributed by atoms with van der Waals surface area (Å²) < 4.78 is 5.74. The van der Waals surface area contributed by atoms with Crippen LogP contribution in [-0.4, -0.2) is 24.0 Å². The van der Waals surface area contributed by atoms with Gasteiger partial charge in [-0.1, -0.05) is 20.8 Å². The predicted octanol–water partition coefficient (Wildman–Crippen LogP) is 5.34. The highest BCUT2D eigenvalue weighted by Gasteiger charge is 2.21. The molecule has 0 radical (unpaired) electrons. The summed E-state index contributed by atoms with van der Waals surface area (Å²) in [6.45, 7) is 9.17. The van der Waals surface area contributed by atoms with Crippen LogP contribution in [0.1, 0.15) is 49.7 Å². The molecule has 3 N–H and O–H groups in total. The number of hydrogen-bond acceptors (Lipinski definition) is 3. The fraction of sp³-hybridized carbons (Fsp3) is 0.400. The van der Waals surface area contributed by atoms with Crippen LogP contribution < -0.4 is 15.4 Å². The second-order valence-corrected chi connectivity index (χ2v) is 9.49. The molecule has 1 saturated carbocycles. The first-order chi connectivity index (χ1) is 14.4. The zero-order valence-electron chi connectivity index (χ0n) is 18.0. The van der Waals surface area contributed by atoms with Gasteiger partial charge in [-0.15, -0.1) is 0 Å². The molecule has 1 fully saturated rings. The maximum Gasteiger partial charge on any atom is 0.255 e. The molecule has 158 valence electrons. The maximum atomic E-state index is 12.6. The first-order valence-electron chi connectivity index (χ1n) is 10.7. The number of rotatable bonds is 8. The average Bonchev–Trinajstić information content (AvgIpc) is 3.44. The summed E-state index contributed by atoms with van der Waals surface area (Å²) >= 11 is 0. The Morgan fingerprint density at radius 3 is 2.57 bits per heavy atom. The minimum absolute atomic E-state index is 0.120. The van der Waals surface area contributed by atoms with E-state index in [0.717, 1.165) is 47.7 Å². The summed E-state index contributed by atoms with van der Waals surface area (Å²) in [6, 6.07) is 15.4. The highest BCUT2D eigenvalue weighted by atomic mass is 16.5. The largest absolute Gasteiger partial charge is 0.493 e. The van der Waals surface area contributed by atoms with Gasteiger partial charge >= 0.3 is 0 Å². The quantitative estimate of drug-likeness (QED) is 0.474. The van der Waals surface area contributed by atoms with E-state index >= 15 is 0 Å². The molecular weight excluding hydrogens is 374 g/mol. The Morgan fingerprint density at radius 2 is 1.87 bits per heavy atom. The molecule has 0 atom stereocenters. The molecule has 5 nitrogen and oxygen atoms in total. The monoisotopic (exact) mass is 405 g/mol. The number of H-pyrrole nitrogens is 1. The molecule has 0 saturated heterocycles. The summed E-state index contributed by atoms with van der Waals surface area (Å²) in [5, 5.41) is 7.56. The van der Waals surface area contributed by atoms with Gasteiger partial charge < -0.3 is 20.4 Å². The van der Waals surface area contributed by atoms with E-state index in [9.17, 15) is 4.79 Å². The molecule has 1 amide bonds. The standard InChI is InChI=1S/C25H31N3O2/c1-25(2,3)16-26-14-21-13-19-12-20(8-11-23(19)27-21)28-24(29)18-6-9-22(10-7-18)30-15-17-4-5-17/h6-13,17,26-27H,4-5,14-16H2,1-3H3,(H,28,29). The molecule has 4 rings (SSSR count). The molecule has 2 aromatic carbocycles. The molecular formula is C25H31N3O2. The van der Waals surface area contributed by atoms with Crippen molar-refractivity contribution < 1.29 is 9.53 Å². The SMILES string of the molecule is CC(C)(C)CNCc1cc2cc(NC(=O)c3ccc(OCC4CC4)cc3)ccc2[nH]1. The van der Waals surface area contributed by atoms with Crippen LogP contribution in [0.5, 0.6) is 5.75 Å². The lowest BCUT2D eigenvalue weighted by Gasteiger charge is -2.18. The fourth-order valence-electron chi connectivity index (χ4n) is 3.34. The second-order valence-electron chi connectivity index (χ2n) is 9.49. The number of hydrogen-bond donors (Lipinski definition) is 3. The van der Waals surface area contributed by atoms with Crippen LogP contribution >= 0.6 is 0 Å². The van der Waals surface area contributed by atoms with Gasteiger partial charge in [-0.25, -0.2) is 0 Å². The number of ether oxygens (including phenoxy) is 1. The van der Waals surface area contributed by atoms with Crippen molar-refractivity contribution in [2.45, 2.75) is 40.2 Å². The number of amides is 1. The topological polar surface area (TPSA) is 66.2 Å². The fourth-order valence-corrected chi connectivity index (χ4v) is 3.34. The highest BCUT2D eigenvalue weighted by molar-refractivity contribution is 6.05. The van der Waals surface area contributed by atoms with Gasteiger partial charge in [0.05, 0.1) is 6.61 Å². The van der Waals surface area contributed by atoms with E-state index in [1.807, 2.05) is 42.5 Å². The molecule has 3 aromatic rings. The summed E-state index contributed by atoms with van der Waals surface area (Å²) in [5.74, 6) is 1.41. The molecule has 0 bridgehead atoms. The molecule has 1 aromatic heterocycles. The lowest BCUT2D eigenvalue weighted by molar-refractivity contribution is 0.102. The summed E-state index contributed by atoms with van der Waals surface area (Å²) in [4.78, 5) is 16.0. The number of aromatic nitrogens is 1. The number of fused-ring (bicyclic) bond motifs is 1. The highest BCUT2D eigenvalue weighted by Crippen LogP contribution is 2.29. The van der Waals surface area contributed by atoms with E-state index in [4.69, 9.17) is 4.74 Å². The van der Waals surface area contributed by atoms with E-state index in [1.165, 1.54) is 12.8 Å². The number of carbonyl (C=O) groups is 1. The number of carbonyl (C=O) groups excluding carboxylic acids is 1. The third kappa shape index (κ3) is 5.63. The van der Waals surface area contributed by atoms with E-state index in [2.05, 4.69) is 42.5 Å². The van der Waals surface area contributed by atoms with Crippen molar-refractivity contribution in [1.29, 1.82) is 0 Å². The average molecular weight is 406 g/mol. The maximum absolute atomic E-state index is 12.6. The van der Waals surface area contributed by atoms with Gasteiger partial charge in [0.2, 0.25) is 0 Å². The summed E-state index contributed by atoms with van der Waals surface area (Å²) in [6.07, 6.45) is 2.53. The Balaban J connectivity index is 1.36. The van der Waals surface area contributed by atoms with Crippen LogP contribution in [0.3, 0.4) is 0 Å². The van der Waals surface area contributed by atoms with Crippen LogP contribution in [0.15, 0.2) is 48.5 Å². The molecule has 1 aliphatic rings. The Kier molecular flexibility index (Phi) is 5.82. The zero-order valence-corrected chi connectivity index (χ0v) is 18.0. The van der Waals surface area contributed by atoms with Crippen LogP contribution in [0, 0.1) is 11.3 Å². The zero-order chi connectivity index (χ0) is 21.1. The molecule has 5 heteroatoms. The van der Waals surface area contributed by atoms with Gasteiger partial charge in [0, 0.05) is 40.9 Å². The van der Waals surface area contributed by atoms with Gasteiger partial charge in [-0.2, -0.15) is 0 Å². The Bertz CT molecular complexity index is 1010. The third-order valence-corrected chi connectivity index (χ3v) is 5.20. The van der Waals surface area contributed by atoms with Crippen molar-refractivity contribution in [3.63, 3.8) is 0 Å². The van der Waals surface area contributed by atoms with Gasteiger partial charge in [-0.05, 0) is 72.7 Å². The number of benzene rings is 2. The Hall–Kier alpha value is -2.79. The van der Waals surface area contributed by atoms with Crippen LogP contribution in [-0.2, 0) is 6.54 Å². The Labute approximate surface area is 178 Å². The molecule has 1 aliphatic carbocycles. The van der Waals surface area contributed by atoms with Gasteiger partial charge in [0.1, 0.15) is 5.75 Å². The molecule has 1 heterocycles. The summed E-state index contributed by atoms with van der Waals surface area (Å²) in [7, 11) is 0. The van der Waals surface area contributed by atoms with Crippen molar-refractivity contribution in [3.8, 4) is 5.75 Å². The first kappa shape index (κ1) is 20.5. The van der Waals surface area contributed by atoms with Gasteiger partial charge in [0.15, 0.2) is 0 Å². The van der Waals surface area contributed by atoms with Gasteiger partial charge in [0.25, 0.3) is 5.91 Å². The molecule has 0 spiro atoms. The number of anilines is 1. The van der Waals surface area contributed by atoms with Crippen molar-refractivity contribution in [1.82, 2.24) is 10.3 Å². The Morgan fingerprint density at radius 1 is 1.10 bits per heavy atom. The minimum atomic E-state index is -0.120. The van der Waals surface area contributed by atoms with E-state index < -0.39 is 0 Å². The van der Waals surface area contributed by atoms with Crippen LogP contribution in [0.25, 0.3) is 10.9 Å². The lowest BCUT2D eigenvalue weighted by atomic mass is 9.97. The van der Waals surface area contributed by atoms with Crippen molar-refractivity contribution in [2.24, 2.45) is 11.3 Å². The van der Waals surface area contributed by atoms with Crippen LogP contribution in [0.4, 0.5) is 5.69 Å². The van der Waals surface area contributed by atoms with E-state index in [0.29, 0.717) is 11.5 Å². The van der Waals surface area contributed by atoms with E-state index in [-0.39, 0.29) is 11.3 Å². The molecule has 30 heavy (non-hydrogen) atoms. The van der Waals surface area contributed by atoms with Crippen molar-refractivity contribution in [2.75, 3.05) is 18.5 Å². The van der Waals surface area contributed by atoms with Gasteiger partial charge in [-0.3, -0.25) is 4.79 Å². The van der Waals surface area contributed by atoms with Crippen LogP contribution in [0.2, 0.25) is 0 Å². The number of nitrogens with one attached hydrogen (secondary N) is 3. The number of aromatic amines is 1. The van der Waals surface area contributed by atoms with E-state index in [1.54, 1.807) is 0 Å². The third-order valence-electron chi connectivity index (χ3n) is 5.20. The summed E-state index contributed by atoms with van der Waals surface area (Å²) in [5.41, 5.74) is 3.87. The molecule has 0 unspecified atom stereocenters. The first-order valence-corrected chi connectivity index (χ1v) is 10.7.